The minimum Gasteiger partial charge on any atom is -0.480 e. The van der Waals surface area contributed by atoms with Crippen molar-refractivity contribution in [1.82, 2.24) is 0 Å². The second-order valence-corrected chi connectivity index (χ2v) is 2.50. The summed E-state index contributed by atoms with van der Waals surface area (Å²) in [6.45, 7) is 4.03. The van der Waals surface area contributed by atoms with Gasteiger partial charge in [-0.15, -0.1) is 0 Å². The topological polar surface area (TPSA) is 46.5 Å². The molecule has 0 fully saturated rings. The van der Waals surface area contributed by atoms with Crippen molar-refractivity contribution in [2.45, 2.75) is 25.2 Å². The van der Waals surface area contributed by atoms with E-state index in [0.717, 1.165) is 0 Å². The van der Waals surface area contributed by atoms with E-state index in [1.54, 1.807) is 6.92 Å². The van der Waals surface area contributed by atoms with E-state index in [1.165, 1.54) is 0 Å². The molecule has 0 aliphatic carbocycles. The fraction of sp³-hybridized carbons (Fsp3) is 0.833. The van der Waals surface area contributed by atoms with Crippen molar-refractivity contribution < 1.29 is 14.6 Å². The SMILES string of the molecule is CCO[C@@H](C)C(S)C(=O)O. The summed E-state index contributed by atoms with van der Waals surface area (Å²) in [4.78, 5) is 10.3. The van der Waals surface area contributed by atoms with Crippen LogP contribution in [-0.4, -0.2) is 29.0 Å². The summed E-state index contributed by atoms with van der Waals surface area (Å²) in [5, 5.41) is 7.70. The van der Waals surface area contributed by atoms with Crippen molar-refractivity contribution in [1.29, 1.82) is 0 Å². The molecule has 3 nitrogen and oxygen atoms in total. The molecule has 2 atom stereocenters. The van der Waals surface area contributed by atoms with Gasteiger partial charge < -0.3 is 9.84 Å². The van der Waals surface area contributed by atoms with Crippen LogP contribution in [0.25, 0.3) is 0 Å². The number of ether oxygens (including phenoxy) is 1. The lowest BCUT2D eigenvalue weighted by Crippen LogP contribution is -2.28. The molecule has 0 rings (SSSR count). The minimum absolute atomic E-state index is 0.328. The van der Waals surface area contributed by atoms with Crippen LogP contribution in [0.4, 0.5) is 0 Å². The van der Waals surface area contributed by atoms with Gasteiger partial charge in [-0.2, -0.15) is 12.6 Å². The first-order valence-electron chi connectivity index (χ1n) is 3.12. The summed E-state index contributed by atoms with van der Waals surface area (Å²) in [5.41, 5.74) is 0. The van der Waals surface area contributed by atoms with Crippen molar-refractivity contribution in [3.8, 4) is 0 Å². The molecular weight excluding hydrogens is 152 g/mol. The molecule has 0 aliphatic rings. The highest BCUT2D eigenvalue weighted by atomic mass is 32.1. The Hall–Kier alpha value is -0.220. The van der Waals surface area contributed by atoms with Crippen LogP contribution < -0.4 is 0 Å². The number of hydrogen-bond donors (Lipinski definition) is 2. The molecule has 1 N–H and O–H groups in total. The Balaban J connectivity index is 3.69. The molecule has 0 aromatic carbocycles. The van der Waals surface area contributed by atoms with Crippen molar-refractivity contribution in [2.75, 3.05) is 6.61 Å². The number of thiol groups is 1. The van der Waals surface area contributed by atoms with Gasteiger partial charge >= 0.3 is 5.97 Å². The van der Waals surface area contributed by atoms with Gasteiger partial charge in [0.1, 0.15) is 5.25 Å². The molecule has 0 saturated heterocycles. The zero-order valence-electron chi connectivity index (χ0n) is 6.07. The molecule has 1 unspecified atom stereocenters. The third kappa shape index (κ3) is 3.08. The van der Waals surface area contributed by atoms with Crippen LogP contribution in [0.5, 0.6) is 0 Å². The molecular formula is C6H12O3S. The normalized spacial score (nSPS) is 16.3. The van der Waals surface area contributed by atoms with Crippen molar-refractivity contribution in [3.05, 3.63) is 0 Å². The summed E-state index contributed by atoms with van der Waals surface area (Å²) in [6.07, 6.45) is -0.328. The molecule has 0 aromatic heterocycles. The van der Waals surface area contributed by atoms with Crippen LogP contribution >= 0.6 is 12.6 Å². The first-order chi connectivity index (χ1) is 4.59. The summed E-state index contributed by atoms with van der Waals surface area (Å²) in [7, 11) is 0. The number of carboxylic acids is 1. The smallest absolute Gasteiger partial charge is 0.319 e. The van der Waals surface area contributed by atoms with Crippen LogP contribution in [0.1, 0.15) is 13.8 Å². The monoisotopic (exact) mass is 164 g/mol. The number of carbonyl (C=O) groups is 1. The predicted molar refractivity (Wildman–Crippen MR) is 41.5 cm³/mol. The molecule has 0 heterocycles. The molecule has 0 spiro atoms. The lowest BCUT2D eigenvalue weighted by molar-refractivity contribution is -0.138. The Morgan fingerprint density at radius 2 is 2.30 bits per heavy atom. The van der Waals surface area contributed by atoms with Crippen molar-refractivity contribution in [2.24, 2.45) is 0 Å². The molecule has 0 amide bonds. The summed E-state index contributed by atoms with van der Waals surface area (Å²) in [5.74, 6) is -0.940. The average Bonchev–Trinajstić information content (AvgIpc) is 1.87. The van der Waals surface area contributed by atoms with E-state index in [-0.39, 0.29) is 6.10 Å². The Morgan fingerprint density at radius 1 is 1.80 bits per heavy atom. The van der Waals surface area contributed by atoms with Gasteiger partial charge in [0.2, 0.25) is 0 Å². The van der Waals surface area contributed by atoms with Gasteiger partial charge in [-0.05, 0) is 13.8 Å². The lowest BCUT2D eigenvalue weighted by Gasteiger charge is -2.14. The van der Waals surface area contributed by atoms with E-state index >= 15 is 0 Å². The van der Waals surface area contributed by atoms with Crippen LogP contribution in [0, 0.1) is 0 Å². The molecule has 0 aliphatic heterocycles. The molecule has 4 heteroatoms. The minimum atomic E-state index is -0.940. The average molecular weight is 164 g/mol. The van der Waals surface area contributed by atoms with Gasteiger partial charge in [-0.1, -0.05) is 0 Å². The Kier molecular flexibility index (Phi) is 4.47. The van der Waals surface area contributed by atoms with Crippen molar-refractivity contribution >= 4 is 18.6 Å². The third-order valence-corrected chi connectivity index (χ3v) is 1.77. The second-order valence-electron chi connectivity index (χ2n) is 1.94. The van der Waals surface area contributed by atoms with Gasteiger partial charge in [0.05, 0.1) is 6.10 Å². The van der Waals surface area contributed by atoms with Crippen LogP contribution in [0.2, 0.25) is 0 Å². The number of aliphatic carboxylic acids is 1. The Labute approximate surface area is 65.8 Å². The Bertz CT molecular complexity index is 116. The van der Waals surface area contributed by atoms with E-state index in [4.69, 9.17) is 9.84 Å². The van der Waals surface area contributed by atoms with Crippen LogP contribution in [-0.2, 0) is 9.53 Å². The fourth-order valence-electron chi connectivity index (χ4n) is 0.555. The van der Waals surface area contributed by atoms with Gasteiger partial charge in [-0.25, -0.2) is 0 Å². The predicted octanol–water partition coefficient (Wildman–Crippen LogP) is 0.794. The van der Waals surface area contributed by atoms with Gasteiger partial charge in [0.15, 0.2) is 0 Å². The van der Waals surface area contributed by atoms with Gasteiger partial charge in [0.25, 0.3) is 0 Å². The molecule has 0 saturated carbocycles. The third-order valence-electron chi connectivity index (χ3n) is 1.13. The summed E-state index contributed by atoms with van der Waals surface area (Å²) in [6, 6.07) is 0. The zero-order valence-corrected chi connectivity index (χ0v) is 6.97. The van der Waals surface area contributed by atoms with E-state index in [2.05, 4.69) is 12.6 Å². The first-order valence-corrected chi connectivity index (χ1v) is 3.63. The highest BCUT2D eigenvalue weighted by Crippen LogP contribution is 2.05. The van der Waals surface area contributed by atoms with Crippen LogP contribution in [0.15, 0.2) is 0 Å². The highest BCUT2D eigenvalue weighted by molar-refractivity contribution is 7.81. The van der Waals surface area contributed by atoms with E-state index in [1.807, 2.05) is 6.92 Å². The molecule has 0 radical (unpaired) electrons. The zero-order chi connectivity index (χ0) is 8.15. The summed E-state index contributed by atoms with van der Waals surface area (Å²) >= 11 is 3.83. The van der Waals surface area contributed by atoms with Gasteiger partial charge in [0, 0.05) is 6.61 Å². The van der Waals surface area contributed by atoms with E-state index in [9.17, 15) is 4.79 Å². The molecule has 0 bridgehead atoms. The maximum atomic E-state index is 10.3. The van der Waals surface area contributed by atoms with Crippen molar-refractivity contribution in [3.63, 3.8) is 0 Å². The Morgan fingerprint density at radius 3 is 2.60 bits per heavy atom. The fourth-order valence-corrected chi connectivity index (χ4v) is 0.641. The maximum absolute atomic E-state index is 10.3. The van der Waals surface area contributed by atoms with Crippen LogP contribution in [0.3, 0.4) is 0 Å². The number of carboxylic acid groups (broad SMARTS) is 1. The number of rotatable bonds is 4. The molecule has 60 valence electrons. The molecule has 0 aromatic rings. The largest absolute Gasteiger partial charge is 0.480 e. The van der Waals surface area contributed by atoms with E-state index in [0.29, 0.717) is 6.61 Å². The standard InChI is InChI=1S/C6H12O3S/c1-3-9-4(2)5(10)6(7)8/h4-5,10H,3H2,1-2H3,(H,7,8)/t4-,5?/m0/s1. The molecule has 10 heavy (non-hydrogen) atoms. The second kappa shape index (κ2) is 4.57. The number of hydrogen-bond acceptors (Lipinski definition) is 3. The highest BCUT2D eigenvalue weighted by Gasteiger charge is 2.19. The maximum Gasteiger partial charge on any atom is 0.319 e. The lowest BCUT2D eigenvalue weighted by atomic mass is 10.3. The first kappa shape index (κ1) is 9.78. The van der Waals surface area contributed by atoms with E-state index < -0.39 is 11.2 Å². The quantitative estimate of drug-likeness (QED) is 0.604. The van der Waals surface area contributed by atoms with Gasteiger partial charge in [-0.3, -0.25) is 4.79 Å². The summed E-state index contributed by atoms with van der Waals surface area (Å²) < 4.78 is 5.01.